The van der Waals surface area contributed by atoms with E-state index in [0.29, 0.717) is 17.8 Å². The number of thiazole rings is 1. The quantitative estimate of drug-likeness (QED) is 0.504. The van der Waals surface area contributed by atoms with Crippen LogP contribution in [0, 0.1) is 0 Å². The van der Waals surface area contributed by atoms with Crippen molar-refractivity contribution in [2.75, 3.05) is 18.5 Å². The number of likely N-dealkylation sites (tertiary alicyclic amines) is 1. The van der Waals surface area contributed by atoms with Gasteiger partial charge in [-0.3, -0.25) is 14.9 Å². The molecule has 2 N–H and O–H groups in total. The summed E-state index contributed by atoms with van der Waals surface area (Å²) in [6, 6.07) is 15.9. The van der Waals surface area contributed by atoms with E-state index in [4.69, 9.17) is 9.84 Å². The number of aromatic nitrogens is 1. The highest BCUT2D eigenvalue weighted by Gasteiger charge is 2.31. The summed E-state index contributed by atoms with van der Waals surface area (Å²) >= 11 is 1.06. The van der Waals surface area contributed by atoms with Gasteiger partial charge in [0.25, 0.3) is 5.91 Å². The van der Waals surface area contributed by atoms with Crippen LogP contribution in [-0.2, 0) is 9.53 Å². The Kier molecular flexibility index (Phi) is 6.50. The molecule has 2 amide bonds. The molecule has 8 nitrogen and oxygen atoms in total. The molecule has 1 aliphatic carbocycles. The first-order chi connectivity index (χ1) is 17.0. The molecule has 180 valence electrons. The summed E-state index contributed by atoms with van der Waals surface area (Å²) in [5, 5.41) is 12.0. The van der Waals surface area contributed by atoms with E-state index in [1.807, 2.05) is 24.3 Å². The average Bonchev–Trinajstić information content (AvgIpc) is 3.45. The van der Waals surface area contributed by atoms with E-state index in [1.54, 1.807) is 4.90 Å². The molecule has 2 aliphatic rings. The molecule has 1 atom stereocenters. The summed E-state index contributed by atoms with van der Waals surface area (Å²) < 4.78 is 5.55. The van der Waals surface area contributed by atoms with Crippen LogP contribution >= 0.6 is 11.3 Å². The predicted molar refractivity (Wildman–Crippen MR) is 132 cm³/mol. The Bertz CT molecular complexity index is 1230. The number of fused-ring (bicyclic) bond motifs is 3. The molecule has 0 bridgehead atoms. The summed E-state index contributed by atoms with van der Waals surface area (Å²) in [6.07, 6.45) is 3.11. The number of carbonyl (C=O) groups excluding carboxylic acids is 2. The Morgan fingerprint density at radius 2 is 1.74 bits per heavy atom. The maximum absolute atomic E-state index is 13.0. The van der Waals surface area contributed by atoms with Crippen LogP contribution in [0.1, 0.15) is 52.4 Å². The number of ether oxygens (including phenoxy) is 1. The van der Waals surface area contributed by atoms with Crippen LogP contribution in [-0.4, -0.2) is 52.2 Å². The average molecular weight is 492 g/mol. The van der Waals surface area contributed by atoms with Crippen molar-refractivity contribution in [1.82, 2.24) is 9.88 Å². The molecule has 1 unspecified atom stereocenters. The fourth-order valence-corrected chi connectivity index (χ4v) is 5.73. The van der Waals surface area contributed by atoms with Gasteiger partial charge in [-0.2, -0.15) is 0 Å². The Labute approximate surface area is 206 Å². The van der Waals surface area contributed by atoms with Gasteiger partial charge in [-0.15, -0.1) is 0 Å². The number of rotatable bonds is 6. The summed E-state index contributed by atoms with van der Waals surface area (Å²) in [6.45, 7) is 0.700. The van der Waals surface area contributed by atoms with Gasteiger partial charge >= 0.3 is 12.1 Å². The second-order valence-electron chi connectivity index (χ2n) is 8.73. The third-order valence-electron chi connectivity index (χ3n) is 6.57. The summed E-state index contributed by atoms with van der Waals surface area (Å²) in [5.41, 5.74) is 4.56. The van der Waals surface area contributed by atoms with Crippen LogP contribution in [0.15, 0.2) is 54.7 Å². The number of hydrogen-bond acceptors (Lipinski definition) is 6. The molecule has 5 rings (SSSR count). The number of nitrogens with zero attached hydrogens (tertiary/aromatic N) is 2. The zero-order valence-electron chi connectivity index (χ0n) is 19.0. The molecule has 1 saturated heterocycles. The number of benzene rings is 2. The molecule has 3 aromatic rings. The van der Waals surface area contributed by atoms with Crippen molar-refractivity contribution in [3.05, 3.63) is 70.7 Å². The smallest absolute Gasteiger partial charge is 0.413 e. The van der Waals surface area contributed by atoms with Gasteiger partial charge in [0.1, 0.15) is 11.5 Å². The van der Waals surface area contributed by atoms with Gasteiger partial charge in [-0.25, -0.2) is 9.78 Å². The summed E-state index contributed by atoms with van der Waals surface area (Å²) in [4.78, 5) is 42.8. The number of piperidine rings is 1. The lowest BCUT2D eigenvalue weighted by molar-refractivity contribution is -0.138. The molecule has 1 aromatic heterocycles. The van der Waals surface area contributed by atoms with E-state index in [2.05, 4.69) is 34.6 Å². The van der Waals surface area contributed by atoms with Crippen molar-refractivity contribution in [3.8, 4) is 11.1 Å². The zero-order chi connectivity index (χ0) is 24.4. The molecular weight excluding hydrogens is 466 g/mol. The van der Waals surface area contributed by atoms with Gasteiger partial charge < -0.3 is 14.7 Å². The van der Waals surface area contributed by atoms with Crippen LogP contribution in [0.5, 0.6) is 0 Å². The Morgan fingerprint density at radius 3 is 2.43 bits per heavy atom. The van der Waals surface area contributed by atoms with Gasteiger partial charge in [-0.1, -0.05) is 59.9 Å². The van der Waals surface area contributed by atoms with Gasteiger partial charge in [0.15, 0.2) is 5.13 Å². The van der Waals surface area contributed by atoms with Crippen LogP contribution in [0.25, 0.3) is 11.1 Å². The number of amides is 2. The lowest BCUT2D eigenvalue weighted by Gasteiger charge is -2.34. The van der Waals surface area contributed by atoms with Crippen LogP contribution in [0.4, 0.5) is 9.93 Å². The van der Waals surface area contributed by atoms with E-state index in [1.165, 1.54) is 6.20 Å². The predicted octanol–water partition coefficient (Wildman–Crippen LogP) is 4.97. The second kappa shape index (κ2) is 9.87. The van der Waals surface area contributed by atoms with Crippen LogP contribution in [0.2, 0.25) is 0 Å². The molecule has 0 spiro atoms. The first-order valence-corrected chi connectivity index (χ1v) is 12.4. The van der Waals surface area contributed by atoms with Crippen molar-refractivity contribution in [1.29, 1.82) is 0 Å². The molecule has 0 saturated carbocycles. The number of anilines is 1. The standard InChI is InChI=1S/C26H25N3O5S/c30-23(31)13-16-7-5-6-12-29(16)24(32)22-14-27-25(35-22)28-26(33)34-15-21-19-10-3-1-8-17(19)18-9-2-4-11-20(18)21/h1-4,8-11,14,16,21H,5-7,12-13,15H2,(H,30,31)(H,27,28,33). The van der Waals surface area contributed by atoms with Gasteiger partial charge in [0.2, 0.25) is 0 Å². The minimum atomic E-state index is -0.920. The topological polar surface area (TPSA) is 109 Å². The monoisotopic (exact) mass is 491 g/mol. The third-order valence-corrected chi connectivity index (χ3v) is 7.47. The minimum Gasteiger partial charge on any atom is -0.481 e. The first-order valence-electron chi connectivity index (χ1n) is 11.6. The highest BCUT2D eigenvalue weighted by Crippen LogP contribution is 2.44. The van der Waals surface area contributed by atoms with E-state index in [0.717, 1.165) is 46.4 Å². The van der Waals surface area contributed by atoms with Crippen molar-refractivity contribution < 1.29 is 24.2 Å². The lowest BCUT2D eigenvalue weighted by atomic mass is 9.98. The minimum absolute atomic E-state index is 0.0492. The zero-order valence-corrected chi connectivity index (χ0v) is 19.8. The molecule has 1 fully saturated rings. The van der Waals surface area contributed by atoms with E-state index in [-0.39, 0.29) is 36.0 Å². The number of nitrogens with one attached hydrogen (secondary N) is 1. The maximum atomic E-state index is 13.0. The Hall–Kier alpha value is -3.72. The van der Waals surface area contributed by atoms with E-state index in [9.17, 15) is 14.4 Å². The van der Waals surface area contributed by atoms with Crippen molar-refractivity contribution in [2.24, 2.45) is 0 Å². The number of carboxylic acid groups (broad SMARTS) is 1. The van der Waals surface area contributed by atoms with E-state index < -0.39 is 12.1 Å². The number of carboxylic acids is 1. The highest BCUT2D eigenvalue weighted by atomic mass is 32.1. The number of aliphatic carboxylic acids is 1. The molecule has 0 radical (unpaired) electrons. The van der Waals surface area contributed by atoms with Crippen molar-refractivity contribution in [2.45, 2.75) is 37.6 Å². The molecule has 1 aliphatic heterocycles. The number of hydrogen-bond donors (Lipinski definition) is 2. The van der Waals surface area contributed by atoms with Gasteiger partial charge in [-0.05, 0) is 41.5 Å². The molecule has 2 aromatic carbocycles. The fraction of sp³-hybridized carbons (Fsp3) is 0.308. The van der Waals surface area contributed by atoms with Crippen molar-refractivity contribution >= 4 is 34.4 Å². The highest BCUT2D eigenvalue weighted by molar-refractivity contribution is 7.17. The first kappa shape index (κ1) is 23.0. The summed E-state index contributed by atoms with van der Waals surface area (Å²) in [5.74, 6) is -1.22. The molecule has 9 heteroatoms. The van der Waals surface area contributed by atoms with Gasteiger partial charge in [0.05, 0.1) is 12.6 Å². The van der Waals surface area contributed by atoms with E-state index >= 15 is 0 Å². The largest absolute Gasteiger partial charge is 0.481 e. The van der Waals surface area contributed by atoms with Crippen LogP contribution in [0.3, 0.4) is 0 Å². The molecular formula is C26H25N3O5S. The van der Waals surface area contributed by atoms with Crippen LogP contribution < -0.4 is 5.32 Å². The van der Waals surface area contributed by atoms with Gasteiger partial charge in [0, 0.05) is 18.5 Å². The third kappa shape index (κ3) is 4.77. The SMILES string of the molecule is O=C(O)CC1CCCCN1C(=O)c1cnc(NC(=O)OCC2c3ccccc3-c3ccccc32)s1. The Morgan fingerprint density at radius 1 is 1.06 bits per heavy atom. The Balaban J connectivity index is 1.22. The fourth-order valence-electron chi connectivity index (χ4n) is 4.98. The molecule has 2 heterocycles. The maximum Gasteiger partial charge on any atom is 0.413 e. The normalized spacial score (nSPS) is 16.9. The summed E-state index contributed by atoms with van der Waals surface area (Å²) in [7, 11) is 0. The lowest BCUT2D eigenvalue weighted by Crippen LogP contribution is -2.44. The number of carbonyl (C=O) groups is 3. The second-order valence-corrected chi connectivity index (χ2v) is 9.76. The van der Waals surface area contributed by atoms with Crippen molar-refractivity contribution in [3.63, 3.8) is 0 Å². The molecule has 35 heavy (non-hydrogen) atoms.